The van der Waals surface area contributed by atoms with Crippen LogP contribution in [0.4, 0.5) is 0 Å². The molecule has 0 radical (unpaired) electrons. The molecule has 2 aromatic rings. The number of amides is 2. The summed E-state index contributed by atoms with van der Waals surface area (Å²) in [6.45, 7) is 9.39. The van der Waals surface area contributed by atoms with Crippen LogP contribution < -0.4 is 0 Å². The molecule has 174 valence electrons. The monoisotopic (exact) mass is 456 g/mol. The van der Waals surface area contributed by atoms with Gasteiger partial charge < -0.3 is 14.4 Å². The topological polar surface area (TPSA) is 58.4 Å². The van der Waals surface area contributed by atoms with Crippen LogP contribution >= 0.6 is 11.8 Å². The molecule has 3 unspecified atom stereocenters. The molecule has 7 heteroatoms. The Morgan fingerprint density at radius 3 is 2.59 bits per heavy atom. The normalized spacial score (nSPS) is 24.2. The number of para-hydroxylation sites is 2. The Bertz CT molecular complexity index is 949. The van der Waals surface area contributed by atoms with Crippen molar-refractivity contribution >= 4 is 34.6 Å². The van der Waals surface area contributed by atoms with Crippen LogP contribution in [0.1, 0.15) is 52.9 Å². The van der Waals surface area contributed by atoms with Crippen LogP contribution in [0.25, 0.3) is 11.0 Å². The van der Waals surface area contributed by atoms with Gasteiger partial charge >= 0.3 is 0 Å². The SMILES string of the molecule is CCC1CCCCN1C(=O)CSc1nc2ccccc2n1CC(=O)N1CC(C)CC(C)C1. The lowest BCUT2D eigenvalue weighted by atomic mass is 9.92. The molecule has 0 spiro atoms. The van der Waals surface area contributed by atoms with Crippen molar-refractivity contribution in [3.05, 3.63) is 24.3 Å². The van der Waals surface area contributed by atoms with Crippen LogP contribution in [-0.2, 0) is 16.1 Å². The molecule has 1 aromatic carbocycles. The molecule has 2 amide bonds. The predicted molar refractivity (Wildman–Crippen MR) is 130 cm³/mol. The number of carbonyl (C=O) groups is 2. The van der Waals surface area contributed by atoms with Gasteiger partial charge in [-0.15, -0.1) is 0 Å². The van der Waals surface area contributed by atoms with Gasteiger partial charge in [0.15, 0.2) is 5.16 Å². The predicted octanol–water partition coefficient (Wildman–Crippen LogP) is 4.42. The summed E-state index contributed by atoms with van der Waals surface area (Å²) in [7, 11) is 0. The molecule has 2 aliphatic heterocycles. The van der Waals surface area contributed by atoms with E-state index in [4.69, 9.17) is 4.98 Å². The van der Waals surface area contributed by atoms with E-state index in [0.717, 1.165) is 55.1 Å². The molecule has 0 aliphatic carbocycles. The van der Waals surface area contributed by atoms with Crippen LogP contribution in [0.2, 0.25) is 0 Å². The van der Waals surface area contributed by atoms with Crippen molar-refractivity contribution in [2.75, 3.05) is 25.4 Å². The number of rotatable bonds is 6. The Hall–Kier alpha value is -2.02. The van der Waals surface area contributed by atoms with E-state index in [1.165, 1.54) is 24.6 Å². The number of fused-ring (bicyclic) bond motifs is 1. The third-order valence-electron chi connectivity index (χ3n) is 6.88. The second kappa shape index (κ2) is 10.3. The number of hydrogen-bond donors (Lipinski definition) is 0. The number of likely N-dealkylation sites (tertiary alicyclic amines) is 2. The highest BCUT2D eigenvalue weighted by molar-refractivity contribution is 7.99. The first-order chi connectivity index (χ1) is 15.5. The van der Waals surface area contributed by atoms with Gasteiger partial charge in [0.2, 0.25) is 11.8 Å². The van der Waals surface area contributed by atoms with E-state index >= 15 is 0 Å². The van der Waals surface area contributed by atoms with Crippen LogP contribution in [0.15, 0.2) is 29.4 Å². The van der Waals surface area contributed by atoms with Gasteiger partial charge in [0.05, 0.1) is 16.8 Å². The second-order valence-electron chi connectivity index (χ2n) is 9.65. The van der Waals surface area contributed by atoms with Crippen LogP contribution in [0.5, 0.6) is 0 Å². The summed E-state index contributed by atoms with van der Waals surface area (Å²) in [5.41, 5.74) is 1.83. The molecular weight excluding hydrogens is 420 g/mol. The summed E-state index contributed by atoms with van der Waals surface area (Å²) < 4.78 is 2.01. The summed E-state index contributed by atoms with van der Waals surface area (Å²) >= 11 is 1.47. The first kappa shape index (κ1) is 23.1. The lowest BCUT2D eigenvalue weighted by Gasteiger charge is -2.35. The highest BCUT2D eigenvalue weighted by Crippen LogP contribution is 2.27. The molecule has 0 saturated carbocycles. The largest absolute Gasteiger partial charge is 0.341 e. The number of nitrogens with zero attached hydrogens (tertiary/aromatic N) is 4. The van der Waals surface area contributed by atoms with Crippen LogP contribution in [0, 0.1) is 11.8 Å². The molecule has 0 bridgehead atoms. The molecule has 3 heterocycles. The number of imidazole rings is 1. The third kappa shape index (κ3) is 5.13. The van der Waals surface area contributed by atoms with Crippen molar-refractivity contribution in [1.29, 1.82) is 0 Å². The zero-order valence-corrected chi connectivity index (χ0v) is 20.4. The average Bonchev–Trinajstić information content (AvgIpc) is 3.14. The zero-order valence-electron chi connectivity index (χ0n) is 19.6. The molecule has 4 rings (SSSR count). The van der Waals surface area contributed by atoms with E-state index in [1.807, 2.05) is 33.7 Å². The van der Waals surface area contributed by atoms with Gasteiger partial charge in [-0.05, 0) is 56.1 Å². The van der Waals surface area contributed by atoms with Gasteiger partial charge in [-0.25, -0.2) is 4.98 Å². The van der Waals surface area contributed by atoms with Crippen molar-refractivity contribution in [1.82, 2.24) is 19.4 Å². The number of benzene rings is 1. The quantitative estimate of drug-likeness (QED) is 0.604. The van der Waals surface area contributed by atoms with E-state index in [9.17, 15) is 9.59 Å². The van der Waals surface area contributed by atoms with E-state index in [2.05, 4.69) is 25.7 Å². The molecule has 2 aliphatic rings. The van der Waals surface area contributed by atoms with E-state index in [-0.39, 0.29) is 18.4 Å². The van der Waals surface area contributed by atoms with Gasteiger partial charge in [0.1, 0.15) is 6.54 Å². The fraction of sp³-hybridized carbons (Fsp3) is 0.640. The van der Waals surface area contributed by atoms with Gasteiger partial charge in [-0.1, -0.05) is 44.7 Å². The number of hydrogen-bond acceptors (Lipinski definition) is 4. The van der Waals surface area contributed by atoms with Gasteiger partial charge in [0.25, 0.3) is 0 Å². The zero-order chi connectivity index (χ0) is 22.7. The lowest BCUT2D eigenvalue weighted by Crippen LogP contribution is -2.44. The number of aromatic nitrogens is 2. The Kier molecular flexibility index (Phi) is 7.44. The highest BCUT2D eigenvalue weighted by atomic mass is 32.2. The second-order valence-corrected chi connectivity index (χ2v) is 10.6. The van der Waals surface area contributed by atoms with E-state index in [0.29, 0.717) is 23.6 Å². The summed E-state index contributed by atoms with van der Waals surface area (Å²) in [5, 5.41) is 0.760. The smallest absolute Gasteiger partial charge is 0.242 e. The van der Waals surface area contributed by atoms with Crippen molar-refractivity contribution in [3.8, 4) is 0 Å². The Labute approximate surface area is 195 Å². The van der Waals surface area contributed by atoms with E-state index in [1.54, 1.807) is 0 Å². The van der Waals surface area contributed by atoms with Crippen LogP contribution in [0.3, 0.4) is 0 Å². The number of thioether (sulfide) groups is 1. The molecule has 2 fully saturated rings. The van der Waals surface area contributed by atoms with Crippen molar-refractivity contribution < 1.29 is 9.59 Å². The number of carbonyl (C=O) groups excluding carboxylic acids is 2. The summed E-state index contributed by atoms with van der Waals surface area (Å²) in [4.78, 5) is 35.1. The first-order valence-corrected chi connectivity index (χ1v) is 13.1. The lowest BCUT2D eigenvalue weighted by molar-refractivity contribution is -0.134. The van der Waals surface area contributed by atoms with E-state index < -0.39 is 0 Å². The Balaban J connectivity index is 1.50. The summed E-state index contributed by atoms with van der Waals surface area (Å²) in [6.07, 6.45) is 5.59. The minimum absolute atomic E-state index is 0.141. The van der Waals surface area contributed by atoms with Crippen molar-refractivity contribution in [2.24, 2.45) is 11.8 Å². The fourth-order valence-corrected chi connectivity index (χ4v) is 6.28. The molecule has 2 saturated heterocycles. The molecule has 32 heavy (non-hydrogen) atoms. The highest BCUT2D eigenvalue weighted by Gasteiger charge is 2.28. The van der Waals surface area contributed by atoms with Crippen molar-refractivity contribution in [2.45, 2.75) is 70.6 Å². The molecule has 1 aromatic heterocycles. The van der Waals surface area contributed by atoms with Crippen LogP contribution in [-0.4, -0.2) is 62.6 Å². The maximum Gasteiger partial charge on any atom is 0.242 e. The average molecular weight is 457 g/mol. The Morgan fingerprint density at radius 1 is 1.09 bits per heavy atom. The van der Waals surface area contributed by atoms with Gasteiger partial charge in [-0.3, -0.25) is 9.59 Å². The summed E-state index contributed by atoms with van der Waals surface area (Å²) in [5.74, 6) is 1.76. The molecule has 6 nitrogen and oxygen atoms in total. The fourth-order valence-electron chi connectivity index (χ4n) is 5.38. The van der Waals surface area contributed by atoms with Crippen molar-refractivity contribution in [3.63, 3.8) is 0 Å². The standard InChI is InChI=1S/C25H36N4O2S/c1-4-20-9-7-8-12-28(20)24(31)17-32-25-26-21-10-5-6-11-22(21)29(25)16-23(30)27-14-18(2)13-19(3)15-27/h5-6,10-11,18-20H,4,7-9,12-17H2,1-3H3. The van der Waals surface area contributed by atoms with Gasteiger partial charge in [0, 0.05) is 25.7 Å². The first-order valence-electron chi connectivity index (χ1n) is 12.1. The Morgan fingerprint density at radius 2 is 1.84 bits per heavy atom. The number of piperidine rings is 2. The summed E-state index contributed by atoms with van der Waals surface area (Å²) in [6, 6.07) is 8.30. The maximum atomic E-state index is 13.2. The maximum absolute atomic E-state index is 13.2. The molecule has 3 atom stereocenters. The minimum Gasteiger partial charge on any atom is -0.341 e. The minimum atomic E-state index is 0.141. The third-order valence-corrected chi connectivity index (χ3v) is 7.84. The molecule has 0 N–H and O–H groups in total. The molecular formula is C25H36N4O2S. The van der Waals surface area contributed by atoms with Gasteiger partial charge in [-0.2, -0.15) is 0 Å².